The third-order valence-corrected chi connectivity index (χ3v) is 8.43. The molecule has 1 aromatic rings. The number of phosphoric acid groups is 2. The van der Waals surface area contributed by atoms with Gasteiger partial charge in [0.05, 0.1) is 13.2 Å². The van der Waals surface area contributed by atoms with Crippen LogP contribution in [-0.2, 0) is 46.3 Å². The Hall–Kier alpha value is -2.36. The molecule has 0 saturated carbocycles. The Morgan fingerprint density at radius 2 is 1.71 bits per heavy atom. The second kappa shape index (κ2) is 13.5. The summed E-state index contributed by atoms with van der Waals surface area (Å²) in [5.41, 5.74) is -1.77. The summed E-state index contributed by atoms with van der Waals surface area (Å²) in [5.74, 6) is -1.72. The first-order valence-electron chi connectivity index (χ1n) is 11.9. The molecule has 11 atom stereocenters. The number of amides is 1. The second-order valence-corrected chi connectivity index (χ2v) is 12.0. The highest BCUT2D eigenvalue weighted by Gasteiger charge is 2.51. The van der Waals surface area contributed by atoms with E-state index < -0.39 is 107 Å². The number of carbonyl (C=O) groups is 2. The third kappa shape index (κ3) is 8.38. The number of ether oxygens (including phenoxy) is 3. The molecule has 21 nitrogen and oxygen atoms in total. The number of carbonyl (C=O) groups excluding carboxylic acids is 2. The Balaban J connectivity index is 1.68. The molecule has 0 bridgehead atoms. The highest BCUT2D eigenvalue weighted by atomic mass is 31.3. The molecule has 3 heterocycles. The normalized spacial score (nSPS) is 34.2. The summed E-state index contributed by atoms with van der Waals surface area (Å²) in [6.45, 7) is -0.000157. The first kappa shape index (κ1) is 34.1. The Kier molecular flexibility index (Phi) is 11.0. The molecule has 0 aliphatic carbocycles. The minimum Gasteiger partial charge on any atom is -0.457 e. The monoisotopic (exact) mass is 649 g/mol. The standard InChI is InChI=1S/C19H29N3O18P2/c1-7(24)20-12-14(28)16(36-8(2)25)9(5-23)38-18(12)39-42(33,34)40-41(31,32)35-6-10-13(27)15(29)17(37-10)22-4-3-11(26)21-19(22)30/h3-4,9-10,12-18,23,27-29H,5-6H2,1-2H3,(H,20,24)(H,31,32)(H,33,34)(H,21,26,30)/t9-,10-,12-,13-,14-,15-,16-,17-,18-/m1/s1. The molecule has 2 aliphatic rings. The average molecular weight is 649 g/mol. The van der Waals surface area contributed by atoms with Crippen molar-refractivity contribution < 1.29 is 76.5 Å². The zero-order chi connectivity index (χ0) is 31.6. The topological polar surface area (TPSA) is 312 Å². The first-order valence-corrected chi connectivity index (χ1v) is 14.9. The lowest BCUT2D eigenvalue weighted by molar-refractivity contribution is -0.254. The average Bonchev–Trinajstić information content (AvgIpc) is 3.14. The van der Waals surface area contributed by atoms with Crippen molar-refractivity contribution in [3.8, 4) is 0 Å². The van der Waals surface area contributed by atoms with Crippen LogP contribution in [-0.4, -0.2) is 114 Å². The molecule has 2 fully saturated rings. The minimum absolute atomic E-state index is 0.718. The van der Waals surface area contributed by atoms with Crippen molar-refractivity contribution in [2.24, 2.45) is 0 Å². The predicted molar refractivity (Wildman–Crippen MR) is 130 cm³/mol. The van der Waals surface area contributed by atoms with E-state index in [4.69, 9.17) is 18.7 Å². The molecule has 23 heteroatoms. The highest BCUT2D eigenvalue weighted by molar-refractivity contribution is 7.61. The predicted octanol–water partition coefficient (Wildman–Crippen LogP) is -4.08. The zero-order valence-corrected chi connectivity index (χ0v) is 23.5. The molecule has 1 aromatic heterocycles. The summed E-state index contributed by atoms with van der Waals surface area (Å²) in [7, 11) is -11.2. The number of esters is 1. The van der Waals surface area contributed by atoms with Crippen LogP contribution in [0.4, 0.5) is 0 Å². The number of nitrogens with one attached hydrogen (secondary N) is 2. The maximum absolute atomic E-state index is 12.6. The first-order chi connectivity index (χ1) is 19.4. The van der Waals surface area contributed by atoms with Crippen molar-refractivity contribution in [2.45, 2.75) is 69.0 Å². The summed E-state index contributed by atoms with van der Waals surface area (Å²) in [4.78, 5) is 68.3. The van der Waals surface area contributed by atoms with Crippen LogP contribution in [0.1, 0.15) is 20.1 Å². The van der Waals surface area contributed by atoms with Gasteiger partial charge in [-0.2, -0.15) is 4.31 Å². The molecule has 1 amide bonds. The number of hydrogen-bond acceptors (Lipinski definition) is 16. The highest BCUT2D eigenvalue weighted by Crippen LogP contribution is 2.61. The smallest absolute Gasteiger partial charge is 0.457 e. The number of aromatic nitrogens is 2. The van der Waals surface area contributed by atoms with Gasteiger partial charge in [0.2, 0.25) is 5.91 Å². The van der Waals surface area contributed by atoms with E-state index in [-0.39, 0.29) is 0 Å². The maximum atomic E-state index is 12.6. The van der Waals surface area contributed by atoms with Crippen LogP contribution in [0, 0.1) is 0 Å². The Morgan fingerprint density at radius 1 is 1.05 bits per heavy atom. The van der Waals surface area contributed by atoms with Crippen molar-refractivity contribution in [3.63, 3.8) is 0 Å². The quantitative estimate of drug-likeness (QED) is 0.0834. The SMILES string of the molecule is CC(=O)N[C@H]1[C@@H](OP(=O)(O)OP(=O)(O)OC[C@H]2O[C@@H](n3ccc(=O)[nH]c3=O)[C@H](O)[C@@H]2O)O[C@H](CO)[C@@H](OC(C)=O)[C@@H]1O. The van der Waals surface area contributed by atoms with Crippen LogP contribution in [0.5, 0.6) is 0 Å². The maximum Gasteiger partial charge on any atom is 0.483 e. The Labute approximate surface area is 234 Å². The van der Waals surface area contributed by atoms with Gasteiger partial charge in [-0.1, -0.05) is 0 Å². The van der Waals surface area contributed by atoms with E-state index in [1.165, 1.54) is 0 Å². The summed E-state index contributed by atoms with van der Waals surface area (Å²) in [5, 5.41) is 42.8. The number of aliphatic hydroxyl groups is 4. The molecular weight excluding hydrogens is 620 g/mol. The fraction of sp³-hybridized carbons (Fsp3) is 0.684. The minimum atomic E-state index is -5.68. The molecule has 0 spiro atoms. The van der Waals surface area contributed by atoms with Crippen molar-refractivity contribution in [3.05, 3.63) is 33.1 Å². The van der Waals surface area contributed by atoms with Crippen molar-refractivity contribution in [1.82, 2.24) is 14.9 Å². The third-order valence-electron chi connectivity index (χ3n) is 5.83. The number of aromatic amines is 1. The van der Waals surface area contributed by atoms with Gasteiger partial charge in [0.25, 0.3) is 5.56 Å². The van der Waals surface area contributed by atoms with E-state index in [0.717, 1.165) is 30.7 Å². The molecule has 8 N–H and O–H groups in total. The van der Waals surface area contributed by atoms with Crippen LogP contribution in [0.15, 0.2) is 21.9 Å². The molecule has 3 rings (SSSR count). The van der Waals surface area contributed by atoms with Crippen LogP contribution < -0.4 is 16.6 Å². The molecule has 2 aliphatic heterocycles. The van der Waals surface area contributed by atoms with Crippen molar-refractivity contribution >= 4 is 27.5 Å². The lowest BCUT2D eigenvalue weighted by atomic mass is 9.96. The fourth-order valence-electron chi connectivity index (χ4n) is 4.08. The molecule has 2 saturated heterocycles. The molecule has 0 aromatic carbocycles. The molecule has 2 unspecified atom stereocenters. The number of rotatable bonds is 11. The summed E-state index contributed by atoms with van der Waals surface area (Å²) in [6.07, 6.45) is -12.9. The van der Waals surface area contributed by atoms with Gasteiger partial charge < -0.3 is 49.7 Å². The number of hydrogen-bond donors (Lipinski definition) is 8. The Bertz CT molecular complexity index is 1350. The van der Waals surface area contributed by atoms with Gasteiger partial charge in [-0.05, 0) is 0 Å². The van der Waals surface area contributed by atoms with Gasteiger partial charge in [-0.15, -0.1) is 0 Å². The molecule has 0 radical (unpaired) electrons. The summed E-state index contributed by atoms with van der Waals surface area (Å²) in [6, 6.07) is -0.804. The van der Waals surface area contributed by atoms with Gasteiger partial charge in [0.15, 0.2) is 18.6 Å². The number of phosphoric ester groups is 2. The van der Waals surface area contributed by atoms with Crippen molar-refractivity contribution in [1.29, 1.82) is 0 Å². The lowest BCUT2D eigenvalue weighted by Gasteiger charge is -2.43. The van der Waals surface area contributed by atoms with E-state index in [9.17, 15) is 58.5 Å². The molecule has 238 valence electrons. The van der Waals surface area contributed by atoms with Crippen LogP contribution >= 0.6 is 15.6 Å². The number of nitrogens with zero attached hydrogens (tertiary/aromatic N) is 1. The molecule has 42 heavy (non-hydrogen) atoms. The number of aliphatic hydroxyl groups excluding tert-OH is 4. The van der Waals surface area contributed by atoms with Gasteiger partial charge >= 0.3 is 27.3 Å². The second-order valence-electron chi connectivity index (χ2n) is 9.00. The Morgan fingerprint density at radius 3 is 2.29 bits per heavy atom. The number of H-pyrrole nitrogens is 1. The molecular formula is C19H29N3O18P2. The van der Waals surface area contributed by atoms with Gasteiger partial charge in [0.1, 0.15) is 36.6 Å². The summed E-state index contributed by atoms with van der Waals surface area (Å²) >= 11 is 0. The fourth-order valence-corrected chi connectivity index (χ4v) is 6.24. The van der Waals surface area contributed by atoms with Gasteiger partial charge in [-0.3, -0.25) is 33.0 Å². The van der Waals surface area contributed by atoms with E-state index in [0.29, 0.717) is 0 Å². The van der Waals surface area contributed by atoms with E-state index >= 15 is 0 Å². The van der Waals surface area contributed by atoms with E-state index in [2.05, 4.69) is 14.2 Å². The van der Waals surface area contributed by atoms with E-state index in [1.54, 1.807) is 0 Å². The van der Waals surface area contributed by atoms with Gasteiger partial charge in [0, 0.05) is 26.1 Å². The van der Waals surface area contributed by atoms with Gasteiger partial charge in [-0.25, -0.2) is 13.9 Å². The van der Waals surface area contributed by atoms with Crippen LogP contribution in [0.25, 0.3) is 0 Å². The van der Waals surface area contributed by atoms with Crippen LogP contribution in [0.3, 0.4) is 0 Å². The van der Waals surface area contributed by atoms with Crippen molar-refractivity contribution in [2.75, 3.05) is 13.2 Å². The van der Waals surface area contributed by atoms with E-state index in [1.807, 2.05) is 4.98 Å². The van der Waals surface area contributed by atoms with Crippen LogP contribution in [0.2, 0.25) is 0 Å². The lowest BCUT2D eigenvalue weighted by Crippen LogP contribution is -2.65. The summed E-state index contributed by atoms with van der Waals surface area (Å²) < 4.78 is 54.7. The largest absolute Gasteiger partial charge is 0.483 e. The zero-order valence-electron chi connectivity index (χ0n) is 21.7.